The molecule has 2 fully saturated rings. The normalized spacial score (nSPS) is 39.9. The van der Waals surface area contributed by atoms with Crippen LogP contribution < -0.4 is 0 Å². The van der Waals surface area contributed by atoms with Crippen molar-refractivity contribution in [1.29, 1.82) is 0 Å². The molecule has 2 N–H and O–H groups in total. The van der Waals surface area contributed by atoms with Crippen molar-refractivity contribution in [3.05, 3.63) is 0 Å². The molecule has 0 aliphatic heterocycles. The van der Waals surface area contributed by atoms with E-state index in [1.54, 1.807) is 6.92 Å². The molecule has 17 heavy (non-hydrogen) atoms. The summed E-state index contributed by atoms with van der Waals surface area (Å²) in [7, 11) is 0. The van der Waals surface area contributed by atoms with E-state index in [-0.39, 0.29) is 12.5 Å². The molecule has 0 aromatic carbocycles. The van der Waals surface area contributed by atoms with Crippen LogP contribution in [-0.2, 0) is 4.79 Å². The maximum absolute atomic E-state index is 11.1. The highest BCUT2D eigenvalue weighted by Crippen LogP contribution is 2.53. The summed E-state index contributed by atoms with van der Waals surface area (Å²) in [5.41, 5.74) is 0. The van der Waals surface area contributed by atoms with Crippen LogP contribution in [0.25, 0.3) is 0 Å². The largest absolute Gasteiger partial charge is 0.481 e. The number of aliphatic hydroxyl groups is 1. The number of aliphatic hydroxyl groups excluding tert-OH is 1. The number of carboxylic acids is 1. The SMILES string of the molecule is CC1CCC2C1CCC2C(CO)C(C)C(=O)O. The summed E-state index contributed by atoms with van der Waals surface area (Å²) in [5.74, 6) is 1.45. The van der Waals surface area contributed by atoms with Gasteiger partial charge in [-0.2, -0.15) is 0 Å². The summed E-state index contributed by atoms with van der Waals surface area (Å²) in [6, 6.07) is 0. The van der Waals surface area contributed by atoms with E-state index in [1.165, 1.54) is 19.3 Å². The van der Waals surface area contributed by atoms with Gasteiger partial charge < -0.3 is 10.2 Å². The van der Waals surface area contributed by atoms with E-state index in [0.29, 0.717) is 11.8 Å². The van der Waals surface area contributed by atoms with E-state index in [1.807, 2.05) is 0 Å². The predicted molar refractivity (Wildman–Crippen MR) is 65.5 cm³/mol. The highest BCUT2D eigenvalue weighted by atomic mass is 16.4. The molecule has 0 aromatic heterocycles. The molecule has 0 amide bonds. The molecule has 3 heteroatoms. The third-order valence-corrected chi connectivity index (χ3v) is 5.41. The number of carboxylic acid groups (broad SMARTS) is 1. The number of hydrogen-bond donors (Lipinski definition) is 2. The molecule has 0 radical (unpaired) electrons. The Labute approximate surface area is 103 Å². The van der Waals surface area contributed by atoms with Crippen molar-refractivity contribution in [2.24, 2.45) is 35.5 Å². The van der Waals surface area contributed by atoms with E-state index in [2.05, 4.69) is 6.92 Å². The Kier molecular flexibility index (Phi) is 3.76. The summed E-state index contributed by atoms with van der Waals surface area (Å²) in [6.07, 6.45) is 4.87. The van der Waals surface area contributed by atoms with Crippen molar-refractivity contribution in [1.82, 2.24) is 0 Å². The molecule has 2 aliphatic rings. The van der Waals surface area contributed by atoms with Crippen LogP contribution in [0.5, 0.6) is 0 Å². The van der Waals surface area contributed by atoms with Crippen molar-refractivity contribution < 1.29 is 15.0 Å². The molecule has 98 valence electrons. The van der Waals surface area contributed by atoms with Gasteiger partial charge in [0.05, 0.1) is 5.92 Å². The van der Waals surface area contributed by atoms with Crippen LogP contribution >= 0.6 is 0 Å². The highest BCUT2D eigenvalue weighted by molar-refractivity contribution is 5.69. The molecule has 2 aliphatic carbocycles. The van der Waals surface area contributed by atoms with E-state index in [4.69, 9.17) is 5.11 Å². The van der Waals surface area contributed by atoms with Crippen molar-refractivity contribution in [2.75, 3.05) is 6.61 Å². The molecule has 6 unspecified atom stereocenters. The van der Waals surface area contributed by atoms with Crippen LogP contribution in [-0.4, -0.2) is 22.8 Å². The first-order valence-corrected chi connectivity index (χ1v) is 6.90. The van der Waals surface area contributed by atoms with Crippen LogP contribution in [0.4, 0.5) is 0 Å². The average Bonchev–Trinajstić information content (AvgIpc) is 2.84. The third kappa shape index (κ3) is 2.22. The topological polar surface area (TPSA) is 57.5 Å². The molecule has 2 saturated carbocycles. The zero-order chi connectivity index (χ0) is 12.6. The van der Waals surface area contributed by atoms with Crippen molar-refractivity contribution in [3.63, 3.8) is 0 Å². The fourth-order valence-electron chi connectivity index (χ4n) is 4.31. The average molecular weight is 240 g/mol. The fraction of sp³-hybridized carbons (Fsp3) is 0.929. The van der Waals surface area contributed by atoms with Gasteiger partial charge in [0.15, 0.2) is 0 Å². The van der Waals surface area contributed by atoms with Crippen molar-refractivity contribution >= 4 is 5.97 Å². The Bertz CT molecular complexity index is 289. The van der Waals surface area contributed by atoms with Gasteiger partial charge in [-0.3, -0.25) is 4.79 Å². The Balaban J connectivity index is 2.08. The summed E-state index contributed by atoms with van der Waals surface area (Å²) < 4.78 is 0. The molecular weight excluding hydrogens is 216 g/mol. The first-order chi connectivity index (χ1) is 8.06. The maximum atomic E-state index is 11.1. The molecule has 2 rings (SSSR count). The molecule has 0 heterocycles. The molecule has 0 bridgehead atoms. The maximum Gasteiger partial charge on any atom is 0.306 e. The van der Waals surface area contributed by atoms with E-state index in [9.17, 15) is 9.90 Å². The van der Waals surface area contributed by atoms with Gasteiger partial charge in [0.2, 0.25) is 0 Å². The minimum atomic E-state index is -0.765. The molecule has 3 nitrogen and oxygen atoms in total. The van der Waals surface area contributed by atoms with Crippen LogP contribution in [0.15, 0.2) is 0 Å². The second-order valence-electron chi connectivity index (χ2n) is 6.10. The smallest absolute Gasteiger partial charge is 0.306 e. The molecular formula is C14H24O3. The van der Waals surface area contributed by atoms with Crippen LogP contribution in [0.1, 0.15) is 39.5 Å². The zero-order valence-corrected chi connectivity index (χ0v) is 10.8. The predicted octanol–water partition coefficient (Wildman–Crippen LogP) is 2.39. The van der Waals surface area contributed by atoms with Crippen molar-refractivity contribution in [2.45, 2.75) is 39.5 Å². The Morgan fingerprint density at radius 3 is 2.47 bits per heavy atom. The number of aliphatic carboxylic acids is 1. The number of rotatable bonds is 4. The standard InChI is InChI=1S/C14H24O3/c1-8-3-4-11-10(8)5-6-12(11)13(7-15)9(2)14(16)17/h8-13,15H,3-7H2,1-2H3,(H,16,17). The summed E-state index contributed by atoms with van der Waals surface area (Å²) in [4.78, 5) is 11.1. The Morgan fingerprint density at radius 1 is 1.24 bits per heavy atom. The first kappa shape index (κ1) is 12.9. The fourth-order valence-corrected chi connectivity index (χ4v) is 4.31. The summed E-state index contributed by atoms with van der Waals surface area (Å²) in [5, 5.41) is 18.7. The minimum Gasteiger partial charge on any atom is -0.481 e. The highest BCUT2D eigenvalue weighted by Gasteiger charge is 2.47. The lowest BCUT2D eigenvalue weighted by atomic mass is 9.76. The van der Waals surface area contributed by atoms with E-state index in [0.717, 1.165) is 18.3 Å². The number of carbonyl (C=O) groups is 1. The Hall–Kier alpha value is -0.570. The minimum absolute atomic E-state index is 0.0235. The van der Waals surface area contributed by atoms with Gasteiger partial charge >= 0.3 is 5.97 Å². The van der Waals surface area contributed by atoms with Crippen molar-refractivity contribution in [3.8, 4) is 0 Å². The molecule has 0 saturated heterocycles. The van der Waals surface area contributed by atoms with Gasteiger partial charge in [-0.1, -0.05) is 20.3 Å². The van der Waals surface area contributed by atoms with Gasteiger partial charge in [-0.05, 0) is 48.9 Å². The summed E-state index contributed by atoms with van der Waals surface area (Å²) >= 11 is 0. The summed E-state index contributed by atoms with van der Waals surface area (Å²) in [6.45, 7) is 4.09. The molecule has 0 aromatic rings. The van der Waals surface area contributed by atoms with Gasteiger partial charge in [-0.15, -0.1) is 0 Å². The van der Waals surface area contributed by atoms with Gasteiger partial charge in [0.1, 0.15) is 0 Å². The molecule has 6 atom stereocenters. The third-order valence-electron chi connectivity index (χ3n) is 5.41. The zero-order valence-electron chi connectivity index (χ0n) is 10.8. The van der Waals surface area contributed by atoms with E-state index < -0.39 is 11.9 Å². The Morgan fingerprint density at radius 2 is 1.88 bits per heavy atom. The second kappa shape index (κ2) is 4.97. The monoisotopic (exact) mass is 240 g/mol. The van der Waals surface area contributed by atoms with Crippen LogP contribution in [0.3, 0.4) is 0 Å². The van der Waals surface area contributed by atoms with Gasteiger partial charge in [0.25, 0.3) is 0 Å². The first-order valence-electron chi connectivity index (χ1n) is 6.90. The lowest BCUT2D eigenvalue weighted by molar-refractivity contribution is -0.144. The van der Waals surface area contributed by atoms with E-state index >= 15 is 0 Å². The quantitative estimate of drug-likeness (QED) is 0.793. The number of hydrogen-bond acceptors (Lipinski definition) is 2. The van der Waals surface area contributed by atoms with Crippen LogP contribution in [0, 0.1) is 35.5 Å². The second-order valence-corrected chi connectivity index (χ2v) is 6.10. The number of fused-ring (bicyclic) bond motifs is 1. The van der Waals surface area contributed by atoms with Crippen LogP contribution in [0.2, 0.25) is 0 Å². The van der Waals surface area contributed by atoms with Gasteiger partial charge in [-0.25, -0.2) is 0 Å². The van der Waals surface area contributed by atoms with Gasteiger partial charge in [0, 0.05) is 6.61 Å². The lowest BCUT2D eigenvalue weighted by Gasteiger charge is -2.29. The molecule has 0 spiro atoms. The lowest BCUT2D eigenvalue weighted by Crippen LogP contribution is -2.32.